The maximum absolute atomic E-state index is 11.9. The maximum atomic E-state index is 11.9. The summed E-state index contributed by atoms with van der Waals surface area (Å²) in [6, 6.07) is 13.5. The first-order valence-electron chi connectivity index (χ1n) is 9.01. The van der Waals surface area contributed by atoms with E-state index in [0.29, 0.717) is 25.6 Å². The van der Waals surface area contributed by atoms with Crippen molar-refractivity contribution in [1.82, 2.24) is 15.6 Å². The lowest BCUT2D eigenvalue weighted by Crippen LogP contribution is -2.37. The van der Waals surface area contributed by atoms with Gasteiger partial charge in [-0.1, -0.05) is 51.1 Å². The zero-order chi connectivity index (χ0) is 19.7. The molecule has 2 rings (SSSR count). The van der Waals surface area contributed by atoms with Crippen molar-refractivity contribution in [2.45, 2.75) is 40.3 Å². The summed E-state index contributed by atoms with van der Waals surface area (Å²) in [5.41, 5.74) is 1.51. The number of aromatic nitrogens is 1. The topological polar surface area (TPSA) is 80.3 Å². The second-order valence-corrected chi connectivity index (χ2v) is 7.31. The average Bonchev–Trinajstić information content (AvgIpc) is 2.65. The smallest absolute Gasteiger partial charge is 0.225 e. The SMILES string of the molecule is CC(C)(C)C(=O)NCCC(=O)NCc1ccnc(OCc2ccccc2)c1. The summed E-state index contributed by atoms with van der Waals surface area (Å²) in [6.45, 7) is 6.66. The third-order valence-electron chi connectivity index (χ3n) is 3.84. The number of benzene rings is 1. The van der Waals surface area contributed by atoms with Crippen LogP contribution in [0.5, 0.6) is 5.88 Å². The van der Waals surface area contributed by atoms with Crippen LogP contribution in [0.4, 0.5) is 0 Å². The monoisotopic (exact) mass is 369 g/mol. The molecule has 0 atom stereocenters. The van der Waals surface area contributed by atoms with Crippen molar-refractivity contribution < 1.29 is 14.3 Å². The summed E-state index contributed by atoms with van der Waals surface area (Å²) >= 11 is 0. The molecule has 0 fully saturated rings. The largest absolute Gasteiger partial charge is 0.473 e. The molecule has 0 bridgehead atoms. The Morgan fingerprint density at radius 3 is 2.48 bits per heavy atom. The van der Waals surface area contributed by atoms with Crippen LogP contribution in [0.1, 0.15) is 38.3 Å². The molecule has 0 aliphatic carbocycles. The van der Waals surface area contributed by atoms with Crippen LogP contribution in [0.3, 0.4) is 0 Å². The fraction of sp³-hybridized carbons (Fsp3) is 0.381. The zero-order valence-electron chi connectivity index (χ0n) is 16.1. The van der Waals surface area contributed by atoms with Gasteiger partial charge in [0.2, 0.25) is 17.7 Å². The molecule has 1 heterocycles. The number of amides is 2. The predicted octanol–water partition coefficient (Wildman–Crippen LogP) is 2.83. The van der Waals surface area contributed by atoms with Crippen molar-refractivity contribution in [3.05, 3.63) is 59.8 Å². The minimum Gasteiger partial charge on any atom is -0.473 e. The number of ether oxygens (including phenoxy) is 1. The molecule has 0 saturated heterocycles. The molecule has 27 heavy (non-hydrogen) atoms. The van der Waals surface area contributed by atoms with E-state index in [2.05, 4.69) is 15.6 Å². The summed E-state index contributed by atoms with van der Waals surface area (Å²) in [7, 11) is 0. The Kier molecular flexibility index (Phi) is 7.34. The summed E-state index contributed by atoms with van der Waals surface area (Å²) in [4.78, 5) is 27.9. The van der Waals surface area contributed by atoms with Gasteiger partial charge in [-0.15, -0.1) is 0 Å². The van der Waals surface area contributed by atoms with Gasteiger partial charge in [0.15, 0.2) is 0 Å². The number of hydrogen-bond donors (Lipinski definition) is 2. The van der Waals surface area contributed by atoms with Crippen LogP contribution in [0.15, 0.2) is 48.7 Å². The van der Waals surface area contributed by atoms with Gasteiger partial charge in [0, 0.05) is 37.2 Å². The number of nitrogens with one attached hydrogen (secondary N) is 2. The minimum atomic E-state index is -0.455. The fourth-order valence-electron chi connectivity index (χ4n) is 2.21. The number of carbonyl (C=O) groups excluding carboxylic acids is 2. The second kappa shape index (κ2) is 9.71. The highest BCUT2D eigenvalue weighted by molar-refractivity contribution is 5.82. The molecule has 1 aromatic carbocycles. The lowest BCUT2D eigenvalue weighted by Gasteiger charge is -2.17. The fourth-order valence-corrected chi connectivity index (χ4v) is 2.21. The Hall–Kier alpha value is -2.89. The molecule has 2 N–H and O–H groups in total. The maximum Gasteiger partial charge on any atom is 0.225 e. The van der Waals surface area contributed by atoms with Gasteiger partial charge >= 0.3 is 0 Å². The van der Waals surface area contributed by atoms with Crippen molar-refractivity contribution in [2.24, 2.45) is 5.41 Å². The Balaban J connectivity index is 1.74. The number of carbonyl (C=O) groups is 2. The van der Waals surface area contributed by atoms with Gasteiger partial charge in [0.05, 0.1) is 0 Å². The first-order chi connectivity index (χ1) is 12.8. The summed E-state index contributed by atoms with van der Waals surface area (Å²) in [6.07, 6.45) is 1.90. The van der Waals surface area contributed by atoms with E-state index in [1.54, 1.807) is 6.20 Å². The molecule has 2 aromatic rings. The van der Waals surface area contributed by atoms with Gasteiger partial charge in [0.1, 0.15) is 6.61 Å². The first-order valence-corrected chi connectivity index (χ1v) is 9.01. The summed E-state index contributed by atoms with van der Waals surface area (Å²) < 4.78 is 5.69. The van der Waals surface area contributed by atoms with Crippen molar-refractivity contribution in [2.75, 3.05) is 6.54 Å². The van der Waals surface area contributed by atoms with E-state index in [4.69, 9.17) is 4.74 Å². The standard InChI is InChI=1S/C21H27N3O3/c1-21(2,3)20(26)23-12-10-18(25)24-14-17-9-11-22-19(13-17)27-15-16-7-5-4-6-8-16/h4-9,11,13H,10,12,14-15H2,1-3H3,(H,23,26)(H,24,25). The van der Waals surface area contributed by atoms with E-state index in [1.807, 2.05) is 63.2 Å². The highest BCUT2D eigenvalue weighted by Gasteiger charge is 2.20. The molecule has 6 heteroatoms. The number of nitrogens with zero attached hydrogens (tertiary/aromatic N) is 1. The van der Waals surface area contributed by atoms with Crippen molar-refractivity contribution in [3.8, 4) is 5.88 Å². The molecule has 1 aromatic heterocycles. The lowest BCUT2D eigenvalue weighted by atomic mass is 9.96. The Morgan fingerprint density at radius 2 is 1.78 bits per heavy atom. The number of rotatable bonds is 8. The molecule has 0 aliphatic heterocycles. The van der Waals surface area contributed by atoms with Gasteiger partial charge in [-0.05, 0) is 17.2 Å². The van der Waals surface area contributed by atoms with Gasteiger partial charge < -0.3 is 15.4 Å². The van der Waals surface area contributed by atoms with Crippen molar-refractivity contribution >= 4 is 11.8 Å². The molecule has 0 aliphatic rings. The molecule has 0 radical (unpaired) electrons. The van der Waals surface area contributed by atoms with Crippen LogP contribution < -0.4 is 15.4 Å². The molecule has 0 unspecified atom stereocenters. The molecule has 0 saturated carbocycles. The normalized spacial score (nSPS) is 10.9. The quantitative estimate of drug-likeness (QED) is 0.750. The van der Waals surface area contributed by atoms with Crippen LogP contribution in [0.2, 0.25) is 0 Å². The van der Waals surface area contributed by atoms with Crippen molar-refractivity contribution in [3.63, 3.8) is 0 Å². The van der Waals surface area contributed by atoms with Crippen molar-refractivity contribution in [1.29, 1.82) is 0 Å². The van der Waals surface area contributed by atoms with E-state index in [1.165, 1.54) is 0 Å². The van der Waals surface area contributed by atoms with Crippen LogP contribution in [-0.4, -0.2) is 23.3 Å². The van der Waals surface area contributed by atoms with Gasteiger partial charge in [-0.25, -0.2) is 4.98 Å². The van der Waals surface area contributed by atoms with E-state index in [9.17, 15) is 9.59 Å². The van der Waals surface area contributed by atoms with E-state index in [-0.39, 0.29) is 18.2 Å². The highest BCUT2D eigenvalue weighted by Crippen LogP contribution is 2.13. The third kappa shape index (κ3) is 7.48. The van der Waals surface area contributed by atoms with E-state index in [0.717, 1.165) is 11.1 Å². The van der Waals surface area contributed by atoms with Crippen LogP contribution in [-0.2, 0) is 22.7 Å². The average molecular weight is 369 g/mol. The van der Waals surface area contributed by atoms with Gasteiger partial charge in [-0.2, -0.15) is 0 Å². The third-order valence-corrected chi connectivity index (χ3v) is 3.84. The number of pyridine rings is 1. The highest BCUT2D eigenvalue weighted by atomic mass is 16.5. The Bertz CT molecular complexity index is 755. The molecule has 2 amide bonds. The summed E-state index contributed by atoms with van der Waals surface area (Å²) in [5, 5.41) is 5.60. The van der Waals surface area contributed by atoms with Gasteiger partial charge in [-0.3, -0.25) is 9.59 Å². The summed E-state index contributed by atoms with van der Waals surface area (Å²) in [5.74, 6) is 0.334. The van der Waals surface area contributed by atoms with Crippen LogP contribution in [0, 0.1) is 5.41 Å². The van der Waals surface area contributed by atoms with Crippen LogP contribution in [0.25, 0.3) is 0 Å². The number of hydrogen-bond acceptors (Lipinski definition) is 4. The van der Waals surface area contributed by atoms with Crippen LogP contribution >= 0.6 is 0 Å². The van der Waals surface area contributed by atoms with E-state index < -0.39 is 5.41 Å². The Morgan fingerprint density at radius 1 is 1.04 bits per heavy atom. The predicted molar refractivity (Wildman–Crippen MR) is 104 cm³/mol. The molecular formula is C21H27N3O3. The molecule has 6 nitrogen and oxygen atoms in total. The second-order valence-electron chi connectivity index (χ2n) is 7.31. The molecular weight excluding hydrogens is 342 g/mol. The molecule has 0 spiro atoms. The lowest BCUT2D eigenvalue weighted by molar-refractivity contribution is -0.128. The first kappa shape index (κ1) is 20.4. The zero-order valence-corrected chi connectivity index (χ0v) is 16.1. The van der Waals surface area contributed by atoms with E-state index >= 15 is 0 Å². The van der Waals surface area contributed by atoms with Gasteiger partial charge in [0.25, 0.3) is 0 Å². The minimum absolute atomic E-state index is 0.0651. The Labute approximate surface area is 160 Å². The molecule has 144 valence electrons.